The first kappa shape index (κ1) is 14.2. The van der Waals surface area contributed by atoms with Crippen LogP contribution in [0.4, 0.5) is 0 Å². The van der Waals surface area contributed by atoms with Crippen molar-refractivity contribution in [2.75, 3.05) is 0 Å². The van der Waals surface area contributed by atoms with Gasteiger partial charge >= 0.3 is 0 Å². The third-order valence-electron chi connectivity index (χ3n) is 3.71. The molecule has 1 heterocycles. The Balaban J connectivity index is 2.77. The van der Waals surface area contributed by atoms with Crippen LogP contribution in [0.2, 0.25) is 0 Å². The molecule has 17 heavy (non-hydrogen) atoms. The first-order valence-corrected chi connectivity index (χ1v) is 6.51. The van der Waals surface area contributed by atoms with E-state index in [0.717, 1.165) is 31.6 Å². The van der Waals surface area contributed by atoms with Crippen LogP contribution in [0.25, 0.3) is 0 Å². The highest BCUT2D eigenvalue weighted by molar-refractivity contribution is 4.98. The molecule has 0 aliphatic heterocycles. The van der Waals surface area contributed by atoms with Crippen LogP contribution in [0.15, 0.2) is 12.4 Å². The molecule has 1 aromatic heterocycles. The van der Waals surface area contributed by atoms with Crippen LogP contribution in [0, 0.1) is 5.41 Å². The van der Waals surface area contributed by atoms with Crippen molar-refractivity contribution in [1.82, 2.24) is 15.0 Å². The van der Waals surface area contributed by atoms with Gasteiger partial charge in [-0.3, -0.25) is 11.3 Å². The largest absolute Gasteiger partial charge is 0.335 e. The Morgan fingerprint density at radius 3 is 2.71 bits per heavy atom. The van der Waals surface area contributed by atoms with E-state index in [0.29, 0.717) is 0 Å². The van der Waals surface area contributed by atoms with Crippen LogP contribution in [-0.2, 0) is 13.0 Å². The molecule has 0 amide bonds. The number of aromatic nitrogens is 2. The van der Waals surface area contributed by atoms with E-state index in [4.69, 9.17) is 5.84 Å². The van der Waals surface area contributed by atoms with Crippen molar-refractivity contribution in [3.8, 4) is 0 Å². The van der Waals surface area contributed by atoms with Crippen molar-refractivity contribution in [2.24, 2.45) is 11.3 Å². The maximum atomic E-state index is 5.69. The second-order valence-corrected chi connectivity index (χ2v) is 5.30. The van der Waals surface area contributed by atoms with E-state index in [-0.39, 0.29) is 11.5 Å². The summed E-state index contributed by atoms with van der Waals surface area (Å²) in [5, 5.41) is 0. The molecule has 3 N–H and O–H groups in total. The van der Waals surface area contributed by atoms with Gasteiger partial charge in [-0.05, 0) is 18.3 Å². The summed E-state index contributed by atoms with van der Waals surface area (Å²) in [7, 11) is 0. The number of hydrogen-bond donors (Lipinski definition) is 2. The number of imidazole rings is 1. The van der Waals surface area contributed by atoms with Gasteiger partial charge in [-0.2, -0.15) is 0 Å². The highest BCUT2D eigenvalue weighted by Crippen LogP contribution is 2.26. The monoisotopic (exact) mass is 238 g/mol. The number of rotatable bonds is 7. The molecule has 0 saturated heterocycles. The number of nitrogens with one attached hydrogen (secondary N) is 1. The molecule has 1 aromatic rings. The first-order chi connectivity index (χ1) is 8.05. The highest BCUT2D eigenvalue weighted by Gasteiger charge is 2.28. The van der Waals surface area contributed by atoms with E-state index < -0.39 is 0 Å². The Morgan fingerprint density at radius 2 is 2.18 bits per heavy atom. The molecule has 0 radical (unpaired) electrons. The topological polar surface area (TPSA) is 55.9 Å². The molecule has 0 aliphatic rings. The number of hydrogen-bond acceptors (Lipinski definition) is 3. The Morgan fingerprint density at radius 1 is 1.47 bits per heavy atom. The molecule has 98 valence electrons. The van der Waals surface area contributed by atoms with Gasteiger partial charge in [-0.1, -0.05) is 27.7 Å². The Labute approximate surface area is 105 Å². The van der Waals surface area contributed by atoms with Crippen LogP contribution in [0.1, 0.15) is 46.4 Å². The van der Waals surface area contributed by atoms with Gasteiger partial charge < -0.3 is 4.57 Å². The maximum Gasteiger partial charge on any atom is 0.110 e. The molecule has 0 fully saturated rings. The van der Waals surface area contributed by atoms with Crippen LogP contribution in [0.5, 0.6) is 0 Å². The highest BCUT2D eigenvalue weighted by atomic mass is 15.2. The van der Waals surface area contributed by atoms with Crippen molar-refractivity contribution in [1.29, 1.82) is 0 Å². The lowest BCUT2D eigenvalue weighted by Gasteiger charge is -2.32. The third kappa shape index (κ3) is 3.54. The average molecular weight is 238 g/mol. The summed E-state index contributed by atoms with van der Waals surface area (Å²) in [6.45, 7) is 9.88. The summed E-state index contributed by atoms with van der Waals surface area (Å²) < 4.78 is 2.22. The van der Waals surface area contributed by atoms with E-state index in [2.05, 4.69) is 42.7 Å². The standard InChI is InChI=1S/C13H26N4/c1-5-8-17-9-7-15-12(17)10-11(16-14)13(3,4)6-2/h7,9,11,16H,5-6,8,10,14H2,1-4H3. The van der Waals surface area contributed by atoms with Crippen LogP contribution >= 0.6 is 0 Å². The molecule has 0 bridgehead atoms. The fraction of sp³-hybridized carbons (Fsp3) is 0.769. The second-order valence-electron chi connectivity index (χ2n) is 5.30. The van der Waals surface area contributed by atoms with Gasteiger partial charge in [0.2, 0.25) is 0 Å². The lowest BCUT2D eigenvalue weighted by Crippen LogP contribution is -2.47. The molecule has 4 heteroatoms. The van der Waals surface area contributed by atoms with E-state index >= 15 is 0 Å². The summed E-state index contributed by atoms with van der Waals surface area (Å²) >= 11 is 0. The van der Waals surface area contributed by atoms with Gasteiger partial charge in [-0.15, -0.1) is 0 Å². The van der Waals surface area contributed by atoms with Gasteiger partial charge in [-0.25, -0.2) is 4.98 Å². The zero-order valence-corrected chi connectivity index (χ0v) is 11.5. The van der Waals surface area contributed by atoms with E-state index in [1.807, 2.05) is 12.4 Å². The van der Waals surface area contributed by atoms with Gasteiger partial charge in [0, 0.05) is 31.4 Å². The number of hydrazine groups is 1. The third-order valence-corrected chi connectivity index (χ3v) is 3.71. The lowest BCUT2D eigenvalue weighted by atomic mass is 9.80. The van der Waals surface area contributed by atoms with Crippen LogP contribution in [0.3, 0.4) is 0 Å². The maximum absolute atomic E-state index is 5.69. The summed E-state index contributed by atoms with van der Waals surface area (Å²) in [5.41, 5.74) is 3.13. The predicted molar refractivity (Wildman–Crippen MR) is 71.4 cm³/mol. The van der Waals surface area contributed by atoms with Crippen molar-refractivity contribution >= 4 is 0 Å². The minimum atomic E-state index is 0.178. The molecular formula is C13H26N4. The Bertz CT molecular complexity index is 330. The summed E-state index contributed by atoms with van der Waals surface area (Å²) in [5.74, 6) is 6.81. The minimum absolute atomic E-state index is 0.178. The molecule has 4 nitrogen and oxygen atoms in total. The van der Waals surface area contributed by atoms with E-state index in [1.54, 1.807) is 0 Å². The van der Waals surface area contributed by atoms with Gasteiger partial charge in [0.05, 0.1) is 0 Å². The molecule has 0 spiro atoms. The second kappa shape index (κ2) is 6.17. The predicted octanol–water partition coefficient (Wildman–Crippen LogP) is 2.10. The van der Waals surface area contributed by atoms with Crippen molar-refractivity contribution < 1.29 is 0 Å². The van der Waals surface area contributed by atoms with Gasteiger partial charge in [0.25, 0.3) is 0 Å². The zero-order valence-electron chi connectivity index (χ0n) is 11.5. The van der Waals surface area contributed by atoms with Crippen LogP contribution in [-0.4, -0.2) is 15.6 Å². The van der Waals surface area contributed by atoms with Crippen molar-refractivity contribution in [3.63, 3.8) is 0 Å². The van der Waals surface area contributed by atoms with E-state index in [1.165, 1.54) is 0 Å². The quantitative estimate of drug-likeness (QED) is 0.565. The fourth-order valence-corrected chi connectivity index (χ4v) is 1.96. The van der Waals surface area contributed by atoms with Gasteiger partial charge in [0.15, 0.2) is 0 Å². The molecule has 1 unspecified atom stereocenters. The average Bonchev–Trinajstić information content (AvgIpc) is 2.73. The molecular weight excluding hydrogens is 212 g/mol. The Hall–Kier alpha value is -0.870. The molecule has 0 aromatic carbocycles. The molecule has 0 aliphatic carbocycles. The number of aryl methyl sites for hydroxylation is 1. The first-order valence-electron chi connectivity index (χ1n) is 6.51. The molecule has 1 rings (SSSR count). The number of nitrogens with zero attached hydrogens (tertiary/aromatic N) is 2. The molecule has 1 atom stereocenters. The summed E-state index contributed by atoms with van der Waals surface area (Å²) in [6, 6.07) is 0.255. The zero-order chi connectivity index (χ0) is 12.9. The summed E-state index contributed by atoms with van der Waals surface area (Å²) in [6.07, 6.45) is 7.02. The lowest BCUT2D eigenvalue weighted by molar-refractivity contribution is 0.227. The smallest absolute Gasteiger partial charge is 0.110 e. The summed E-state index contributed by atoms with van der Waals surface area (Å²) in [4.78, 5) is 4.44. The fourth-order valence-electron chi connectivity index (χ4n) is 1.96. The van der Waals surface area contributed by atoms with Crippen molar-refractivity contribution in [3.05, 3.63) is 18.2 Å². The normalized spacial score (nSPS) is 13.9. The SMILES string of the molecule is CCCn1ccnc1CC(NN)C(C)(C)CC. The van der Waals surface area contributed by atoms with Crippen LogP contribution < -0.4 is 11.3 Å². The Kier molecular flexibility index (Phi) is 5.15. The number of nitrogens with two attached hydrogens (primary N) is 1. The minimum Gasteiger partial charge on any atom is -0.335 e. The molecule has 0 saturated carbocycles. The van der Waals surface area contributed by atoms with E-state index in [9.17, 15) is 0 Å². The van der Waals surface area contributed by atoms with Gasteiger partial charge in [0.1, 0.15) is 5.82 Å². The van der Waals surface area contributed by atoms with Crippen molar-refractivity contribution in [2.45, 2.75) is 59.5 Å².